The minimum absolute atomic E-state index is 0.0513. The van der Waals surface area contributed by atoms with Gasteiger partial charge in [-0.05, 0) is 70.6 Å². The Labute approximate surface area is 324 Å². The van der Waals surface area contributed by atoms with Crippen molar-refractivity contribution in [1.82, 2.24) is 0 Å². The molecule has 0 bridgehead atoms. The molecule has 0 aliphatic heterocycles. The maximum absolute atomic E-state index is 12.6. The molecule has 0 radical (unpaired) electrons. The average molecular weight is 770 g/mol. The predicted octanol–water partition coefficient (Wildman–Crippen LogP) is 12.2. The first kappa shape index (κ1) is 51.2. The number of ether oxygens (including phenoxy) is 2. The van der Waals surface area contributed by atoms with E-state index in [9.17, 15) is 19.0 Å². The molecule has 2 atom stereocenters. The summed E-state index contributed by atoms with van der Waals surface area (Å²) >= 11 is 0. The standard InChI is InChI=1S/C43H80NO8P/c1-3-5-7-9-11-13-15-17-19-20-22-23-25-27-29-31-33-35-42(45)49-39-41(40-51-53(47,48)50-38-37-44)52-43(46)36-34-32-30-28-26-24-21-18-16-14-12-10-8-6-4-2/h11,13-14,16-17,19,41H,3-10,12,15,18,20-40,44H2,1-2H3,(H,47,48). The molecule has 0 rings (SSSR count). The molecule has 0 aliphatic rings. The fourth-order valence-corrected chi connectivity index (χ4v) is 6.54. The van der Waals surface area contributed by atoms with Gasteiger partial charge in [-0.3, -0.25) is 18.6 Å². The molecule has 0 aromatic carbocycles. The number of allylic oxidation sites excluding steroid dienone is 6. The summed E-state index contributed by atoms with van der Waals surface area (Å²) in [6, 6.07) is 0. The highest BCUT2D eigenvalue weighted by molar-refractivity contribution is 7.47. The number of nitrogens with two attached hydrogens (primary N) is 1. The van der Waals surface area contributed by atoms with Crippen LogP contribution in [0.15, 0.2) is 36.5 Å². The summed E-state index contributed by atoms with van der Waals surface area (Å²) in [5.41, 5.74) is 5.34. The Morgan fingerprint density at radius 2 is 0.981 bits per heavy atom. The van der Waals surface area contributed by atoms with E-state index in [4.69, 9.17) is 24.3 Å². The fraction of sp³-hybridized carbons (Fsp3) is 0.814. The normalized spacial score (nSPS) is 13.7. The second kappa shape index (κ2) is 39.9. The van der Waals surface area contributed by atoms with Crippen molar-refractivity contribution in [2.75, 3.05) is 26.4 Å². The third-order valence-corrected chi connectivity index (χ3v) is 9.98. The molecular weight excluding hydrogens is 689 g/mol. The van der Waals surface area contributed by atoms with E-state index in [0.717, 1.165) is 64.2 Å². The summed E-state index contributed by atoms with van der Waals surface area (Å²) in [6.07, 6.45) is 43.1. The fourth-order valence-electron chi connectivity index (χ4n) is 5.78. The maximum atomic E-state index is 12.6. The maximum Gasteiger partial charge on any atom is 0.472 e. The highest BCUT2D eigenvalue weighted by Gasteiger charge is 2.26. The molecule has 10 heteroatoms. The molecule has 2 unspecified atom stereocenters. The number of esters is 2. The molecule has 0 saturated heterocycles. The SMILES string of the molecule is CCCCCC=CCC=CCCCCCCCCCC(=O)OCC(COP(=O)(O)OCCN)OC(=O)CCCCCCCCCC=CCCCCCC. The number of rotatable bonds is 40. The van der Waals surface area contributed by atoms with Crippen molar-refractivity contribution in [2.24, 2.45) is 5.73 Å². The number of unbranched alkanes of at least 4 members (excludes halogenated alkanes) is 21. The Morgan fingerprint density at radius 3 is 1.49 bits per heavy atom. The number of phosphoric ester groups is 1. The van der Waals surface area contributed by atoms with Crippen molar-refractivity contribution >= 4 is 19.8 Å². The Kier molecular flexibility index (Phi) is 38.6. The molecule has 0 saturated carbocycles. The summed E-state index contributed by atoms with van der Waals surface area (Å²) in [5.74, 6) is -0.841. The second-order valence-corrected chi connectivity index (χ2v) is 15.7. The average Bonchev–Trinajstić information content (AvgIpc) is 3.14. The van der Waals surface area contributed by atoms with E-state index in [1.165, 1.54) is 96.3 Å². The van der Waals surface area contributed by atoms with E-state index in [1.54, 1.807) is 0 Å². The van der Waals surface area contributed by atoms with Gasteiger partial charge in [-0.15, -0.1) is 0 Å². The molecule has 310 valence electrons. The van der Waals surface area contributed by atoms with Gasteiger partial charge in [0.1, 0.15) is 6.61 Å². The second-order valence-electron chi connectivity index (χ2n) is 14.2. The number of carbonyl (C=O) groups is 2. The summed E-state index contributed by atoms with van der Waals surface area (Å²) in [6.45, 7) is 3.68. The van der Waals surface area contributed by atoms with Crippen molar-refractivity contribution in [3.8, 4) is 0 Å². The Balaban J connectivity index is 4.17. The van der Waals surface area contributed by atoms with Gasteiger partial charge in [0.25, 0.3) is 0 Å². The van der Waals surface area contributed by atoms with Crippen LogP contribution in [0, 0.1) is 0 Å². The number of phosphoric acid groups is 1. The molecule has 0 aliphatic carbocycles. The lowest BCUT2D eigenvalue weighted by molar-refractivity contribution is -0.161. The van der Waals surface area contributed by atoms with Crippen LogP contribution in [0.2, 0.25) is 0 Å². The molecule has 9 nitrogen and oxygen atoms in total. The zero-order chi connectivity index (χ0) is 38.9. The lowest BCUT2D eigenvalue weighted by Gasteiger charge is -2.19. The van der Waals surface area contributed by atoms with Gasteiger partial charge in [-0.25, -0.2) is 4.57 Å². The topological polar surface area (TPSA) is 134 Å². The third kappa shape index (κ3) is 39.7. The number of carbonyl (C=O) groups excluding carboxylic acids is 2. The van der Waals surface area contributed by atoms with Gasteiger partial charge >= 0.3 is 19.8 Å². The quantitative estimate of drug-likeness (QED) is 0.0270. The lowest BCUT2D eigenvalue weighted by atomic mass is 10.1. The molecule has 0 aromatic heterocycles. The number of hydrogen-bond acceptors (Lipinski definition) is 8. The van der Waals surface area contributed by atoms with Gasteiger partial charge in [0.15, 0.2) is 6.10 Å². The van der Waals surface area contributed by atoms with Gasteiger partial charge in [0.05, 0.1) is 13.2 Å². The van der Waals surface area contributed by atoms with E-state index >= 15 is 0 Å². The van der Waals surface area contributed by atoms with Crippen molar-refractivity contribution < 1.29 is 37.6 Å². The lowest BCUT2D eigenvalue weighted by Crippen LogP contribution is -2.29. The van der Waals surface area contributed by atoms with E-state index < -0.39 is 32.5 Å². The van der Waals surface area contributed by atoms with E-state index in [-0.39, 0.29) is 32.6 Å². The van der Waals surface area contributed by atoms with Crippen molar-refractivity contribution in [1.29, 1.82) is 0 Å². The summed E-state index contributed by atoms with van der Waals surface area (Å²) in [5, 5.41) is 0. The first-order valence-corrected chi connectivity index (χ1v) is 23.0. The molecular formula is C43H80NO8P. The molecule has 0 aromatic rings. The van der Waals surface area contributed by atoms with Crippen LogP contribution in [0.25, 0.3) is 0 Å². The Hall–Kier alpha value is -1.77. The highest BCUT2D eigenvalue weighted by Crippen LogP contribution is 2.43. The zero-order valence-electron chi connectivity index (χ0n) is 34.0. The van der Waals surface area contributed by atoms with Crippen LogP contribution in [0.3, 0.4) is 0 Å². The van der Waals surface area contributed by atoms with Gasteiger partial charge in [-0.2, -0.15) is 0 Å². The van der Waals surface area contributed by atoms with E-state index in [2.05, 4.69) is 50.3 Å². The van der Waals surface area contributed by atoms with Crippen LogP contribution in [0.5, 0.6) is 0 Å². The monoisotopic (exact) mass is 770 g/mol. The predicted molar refractivity (Wildman–Crippen MR) is 220 cm³/mol. The van der Waals surface area contributed by atoms with Crippen LogP contribution in [0.4, 0.5) is 0 Å². The van der Waals surface area contributed by atoms with Crippen molar-refractivity contribution in [3.05, 3.63) is 36.5 Å². The first-order valence-electron chi connectivity index (χ1n) is 21.5. The Bertz CT molecular complexity index is 970. The molecule has 0 amide bonds. The summed E-state index contributed by atoms with van der Waals surface area (Å²) in [7, 11) is -4.38. The van der Waals surface area contributed by atoms with Gasteiger partial charge < -0.3 is 20.1 Å². The van der Waals surface area contributed by atoms with Crippen LogP contribution in [0.1, 0.15) is 194 Å². The minimum atomic E-state index is -4.38. The molecule has 53 heavy (non-hydrogen) atoms. The van der Waals surface area contributed by atoms with Crippen molar-refractivity contribution in [3.63, 3.8) is 0 Å². The van der Waals surface area contributed by atoms with Crippen molar-refractivity contribution in [2.45, 2.75) is 200 Å². The van der Waals surface area contributed by atoms with E-state index in [0.29, 0.717) is 6.42 Å². The highest BCUT2D eigenvalue weighted by atomic mass is 31.2. The zero-order valence-corrected chi connectivity index (χ0v) is 34.9. The van der Waals surface area contributed by atoms with Gasteiger partial charge in [0.2, 0.25) is 0 Å². The van der Waals surface area contributed by atoms with Crippen LogP contribution in [-0.2, 0) is 32.7 Å². The van der Waals surface area contributed by atoms with Gasteiger partial charge in [0, 0.05) is 19.4 Å². The minimum Gasteiger partial charge on any atom is -0.462 e. The Morgan fingerprint density at radius 1 is 0.566 bits per heavy atom. The smallest absolute Gasteiger partial charge is 0.462 e. The number of hydrogen-bond donors (Lipinski definition) is 2. The molecule has 0 spiro atoms. The summed E-state index contributed by atoms with van der Waals surface area (Å²) in [4.78, 5) is 34.8. The third-order valence-electron chi connectivity index (χ3n) is 9.00. The largest absolute Gasteiger partial charge is 0.472 e. The van der Waals surface area contributed by atoms with Crippen LogP contribution >= 0.6 is 7.82 Å². The molecule has 3 N–H and O–H groups in total. The van der Waals surface area contributed by atoms with Crippen LogP contribution < -0.4 is 5.73 Å². The first-order chi connectivity index (χ1) is 25.8. The van der Waals surface area contributed by atoms with E-state index in [1.807, 2.05) is 0 Å². The molecule has 0 fully saturated rings. The van der Waals surface area contributed by atoms with Crippen LogP contribution in [-0.4, -0.2) is 49.3 Å². The van der Waals surface area contributed by atoms with Gasteiger partial charge in [-0.1, -0.05) is 147 Å². The molecule has 0 heterocycles. The summed E-state index contributed by atoms with van der Waals surface area (Å²) < 4.78 is 32.8.